The molecule has 0 aromatic heterocycles. The quantitative estimate of drug-likeness (QED) is 0.502. The molecule has 0 aromatic carbocycles. The molecule has 0 bridgehead atoms. The molecule has 1 unspecified atom stereocenters. The lowest BCUT2D eigenvalue weighted by molar-refractivity contribution is 0.198. The zero-order chi connectivity index (χ0) is 9.40. The first kappa shape index (κ1) is 11.0. The van der Waals surface area contributed by atoms with Crippen LogP contribution in [-0.2, 0) is 0 Å². The fourth-order valence-electron chi connectivity index (χ4n) is 0.563. The maximum Gasteiger partial charge on any atom is 0.0552 e. The third kappa shape index (κ3) is 9.00. The number of hydrogen-bond acceptors (Lipinski definition) is 1. The van der Waals surface area contributed by atoms with Crippen LogP contribution in [0.2, 0.25) is 0 Å². The largest absolute Gasteiger partial charge is 0.393 e. The summed E-state index contributed by atoms with van der Waals surface area (Å²) >= 11 is 0. The first-order chi connectivity index (χ1) is 5.63. The number of aliphatic hydroxyl groups excluding tert-OH is 1. The zero-order valence-electron chi connectivity index (χ0n) is 7.96. The molecule has 0 radical (unpaired) electrons. The van der Waals surface area contributed by atoms with Crippen LogP contribution >= 0.6 is 0 Å². The van der Waals surface area contributed by atoms with Crippen LogP contribution in [0.15, 0.2) is 35.3 Å². The Kier molecular flexibility index (Phi) is 6.14. The van der Waals surface area contributed by atoms with Crippen molar-refractivity contribution in [3.63, 3.8) is 0 Å². The summed E-state index contributed by atoms with van der Waals surface area (Å²) in [5.41, 5.74) is 7.10. The Morgan fingerprint density at radius 2 is 2.08 bits per heavy atom. The van der Waals surface area contributed by atoms with Gasteiger partial charge in [0.1, 0.15) is 0 Å². The third-order valence-corrected chi connectivity index (χ3v) is 1.13. The predicted octanol–water partition coefficient (Wildman–Crippen LogP) is 2.59. The normalized spacial score (nSPS) is 10.7. The summed E-state index contributed by atoms with van der Waals surface area (Å²) in [7, 11) is 0. The third-order valence-electron chi connectivity index (χ3n) is 1.13. The Morgan fingerprint density at radius 3 is 2.58 bits per heavy atom. The van der Waals surface area contributed by atoms with Crippen molar-refractivity contribution in [3.05, 3.63) is 35.3 Å². The van der Waals surface area contributed by atoms with E-state index in [9.17, 15) is 0 Å². The number of rotatable bonds is 3. The van der Waals surface area contributed by atoms with E-state index in [0.717, 1.165) is 5.57 Å². The van der Waals surface area contributed by atoms with E-state index in [1.165, 1.54) is 0 Å². The molecule has 66 valence electrons. The number of hydrogen-bond donors (Lipinski definition) is 1. The summed E-state index contributed by atoms with van der Waals surface area (Å²) in [6.45, 7) is 5.73. The average molecular weight is 164 g/mol. The van der Waals surface area contributed by atoms with Gasteiger partial charge in [-0.2, -0.15) is 0 Å². The Hall–Kier alpha value is -1.00. The fourth-order valence-corrected chi connectivity index (χ4v) is 0.563. The van der Waals surface area contributed by atoms with Gasteiger partial charge < -0.3 is 5.11 Å². The molecule has 0 spiro atoms. The molecule has 1 N–H and O–H groups in total. The van der Waals surface area contributed by atoms with Gasteiger partial charge in [0.25, 0.3) is 0 Å². The highest BCUT2D eigenvalue weighted by Crippen LogP contribution is 1.89. The molecule has 0 saturated carbocycles. The molecule has 1 heteroatoms. The van der Waals surface area contributed by atoms with Crippen LogP contribution < -0.4 is 0 Å². The van der Waals surface area contributed by atoms with Gasteiger partial charge in [-0.05, 0) is 51.0 Å². The van der Waals surface area contributed by atoms with Gasteiger partial charge in [-0.25, -0.2) is 0 Å². The van der Waals surface area contributed by atoms with E-state index in [1.807, 2.05) is 26.0 Å². The second-order valence-electron chi connectivity index (χ2n) is 2.93. The van der Waals surface area contributed by atoms with E-state index in [0.29, 0.717) is 6.42 Å². The van der Waals surface area contributed by atoms with Gasteiger partial charge in [-0.1, -0.05) is 0 Å². The van der Waals surface area contributed by atoms with E-state index in [2.05, 4.69) is 11.5 Å². The molecule has 0 rings (SSSR count). The van der Waals surface area contributed by atoms with Gasteiger partial charge in [0, 0.05) is 0 Å². The minimum Gasteiger partial charge on any atom is -0.393 e. The minimum absolute atomic E-state index is 0.279. The van der Waals surface area contributed by atoms with E-state index < -0.39 is 0 Å². The molecule has 0 aliphatic heterocycles. The van der Waals surface area contributed by atoms with Crippen molar-refractivity contribution in [2.45, 2.75) is 33.3 Å². The highest BCUT2D eigenvalue weighted by Gasteiger charge is 1.86. The first-order valence-corrected chi connectivity index (χ1v) is 4.10. The molecule has 0 aliphatic carbocycles. The van der Waals surface area contributed by atoms with Crippen molar-refractivity contribution < 1.29 is 5.11 Å². The van der Waals surface area contributed by atoms with E-state index in [1.54, 1.807) is 13.0 Å². The van der Waals surface area contributed by atoms with Gasteiger partial charge in [0.05, 0.1) is 6.10 Å². The van der Waals surface area contributed by atoms with Gasteiger partial charge in [-0.3, -0.25) is 0 Å². The van der Waals surface area contributed by atoms with Crippen molar-refractivity contribution in [2.75, 3.05) is 0 Å². The highest BCUT2D eigenvalue weighted by molar-refractivity contribution is 5.05. The van der Waals surface area contributed by atoms with Gasteiger partial charge in [0.2, 0.25) is 0 Å². The second kappa shape index (κ2) is 6.69. The Balaban J connectivity index is 3.92. The topological polar surface area (TPSA) is 20.2 Å². The maximum atomic E-state index is 8.88. The Morgan fingerprint density at radius 1 is 1.42 bits per heavy atom. The second-order valence-corrected chi connectivity index (χ2v) is 2.93. The van der Waals surface area contributed by atoms with Gasteiger partial charge >= 0.3 is 0 Å². The minimum atomic E-state index is -0.279. The average Bonchev–Trinajstić information content (AvgIpc) is 1.95. The summed E-state index contributed by atoms with van der Waals surface area (Å²) in [5.74, 6) is 0. The summed E-state index contributed by atoms with van der Waals surface area (Å²) in [5, 5.41) is 8.88. The molecule has 0 aliphatic rings. The van der Waals surface area contributed by atoms with Crippen LogP contribution in [0.25, 0.3) is 0 Å². The molecule has 0 saturated heterocycles. The van der Waals surface area contributed by atoms with Crippen molar-refractivity contribution in [3.8, 4) is 0 Å². The molecule has 1 atom stereocenters. The van der Waals surface area contributed by atoms with Crippen molar-refractivity contribution >= 4 is 0 Å². The molecule has 1 nitrogen and oxygen atoms in total. The van der Waals surface area contributed by atoms with Crippen LogP contribution in [0.4, 0.5) is 0 Å². The maximum absolute atomic E-state index is 8.88. The van der Waals surface area contributed by atoms with Gasteiger partial charge in [-0.15, -0.1) is 11.5 Å². The monoisotopic (exact) mass is 164 g/mol. The number of allylic oxidation sites excluding steroid dienone is 1. The lowest BCUT2D eigenvalue weighted by atomic mass is 10.3. The summed E-state index contributed by atoms with van der Waals surface area (Å²) < 4.78 is 0. The highest BCUT2D eigenvalue weighted by atomic mass is 16.3. The molecular weight excluding hydrogens is 148 g/mol. The standard InChI is InChI=1S/C11H16O/c1-10(2)8-6-4-5-7-9-11(3)12/h4,6-7,11-12H,9H2,1-3H3. The molecule has 12 heavy (non-hydrogen) atoms. The van der Waals surface area contributed by atoms with Crippen LogP contribution in [0.1, 0.15) is 27.2 Å². The summed E-state index contributed by atoms with van der Waals surface area (Å²) in [6, 6.07) is 0. The van der Waals surface area contributed by atoms with Crippen LogP contribution in [0.5, 0.6) is 0 Å². The van der Waals surface area contributed by atoms with E-state index in [-0.39, 0.29) is 6.10 Å². The molecule has 0 aromatic rings. The Bertz CT molecular complexity index is 230. The lowest BCUT2D eigenvalue weighted by Crippen LogP contribution is -1.94. The van der Waals surface area contributed by atoms with Gasteiger partial charge in [0.15, 0.2) is 0 Å². The Labute approximate surface area is 74.4 Å². The van der Waals surface area contributed by atoms with Crippen LogP contribution in [0, 0.1) is 0 Å². The first-order valence-electron chi connectivity index (χ1n) is 4.10. The SMILES string of the molecule is CC(C)=C=CC=C=CCC(C)O. The summed E-state index contributed by atoms with van der Waals surface area (Å²) in [4.78, 5) is 0. The summed E-state index contributed by atoms with van der Waals surface area (Å²) in [6.07, 6.45) is 5.79. The predicted molar refractivity (Wildman–Crippen MR) is 51.9 cm³/mol. The molecule has 0 heterocycles. The van der Waals surface area contributed by atoms with Crippen molar-refractivity contribution in [2.24, 2.45) is 0 Å². The van der Waals surface area contributed by atoms with Crippen LogP contribution in [0.3, 0.4) is 0 Å². The molecular formula is C11H16O. The van der Waals surface area contributed by atoms with E-state index >= 15 is 0 Å². The smallest absolute Gasteiger partial charge is 0.0552 e. The number of aliphatic hydroxyl groups is 1. The molecule has 0 amide bonds. The molecule has 0 fully saturated rings. The van der Waals surface area contributed by atoms with Crippen molar-refractivity contribution in [1.82, 2.24) is 0 Å². The van der Waals surface area contributed by atoms with Crippen molar-refractivity contribution in [1.29, 1.82) is 0 Å². The fraction of sp³-hybridized carbons (Fsp3) is 0.455. The van der Waals surface area contributed by atoms with E-state index in [4.69, 9.17) is 5.11 Å². The zero-order valence-corrected chi connectivity index (χ0v) is 7.96. The lowest BCUT2D eigenvalue weighted by Gasteiger charge is -1.92. The van der Waals surface area contributed by atoms with Crippen LogP contribution in [-0.4, -0.2) is 11.2 Å².